The van der Waals surface area contributed by atoms with E-state index >= 15 is 0 Å². The number of para-hydroxylation sites is 1. The summed E-state index contributed by atoms with van der Waals surface area (Å²) in [6.07, 6.45) is -2.40. The molecule has 0 aliphatic rings. The first-order chi connectivity index (χ1) is 13.2. The van der Waals surface area contributed by atoms with Gasteiger partial charge in [0, 0.05) is 30.1 Å². The highest BCUT2D eigenvalue weighted by Crippen LogP contribution is 2.33. The number of hydrogen-bond donors (Lipinski definition) is 1. The lowest BCUT2D eigenvalue weighted by atomic mass is 10.0. The third kappa shape index (κ3) is 3.80. The molecule has 1 aromatic heterocycles. The average molecular weight is 389 g/mol. The second-order valence-electron chi connectivity index (χ2n) is 6.00. The molecule has 0 aliphatic carbocycles. The van der Waals surface area contributed by atoms with Crippen LogP contribution in [0.5, 0.6) is 0 Å². The highest BCUT2D eigenvalue weighted by molar-refractivity contribution is 6.07. The molecule has 8 heteroatoms. The Kier molecular flexibility index (Phi) is 5.04. The van der Waals surface area contributed by atoms with Gasteiger partial charge < -0.3 is 5.32 Å². The third-order valence-corrected chi connectivity index (χ3v) is 4.05. The van der Waals surface area contributed by atoms with Crippen molar-refractivity contribution in [3.8, 4) is 11.1 Å². The summed E-state index contributed by atoms with van der Waals surface area (Å²) in [5.74, 6) is -1.46. The van der Waals surface area contributed by atoms with Gasteiger partial charge in [-0.1, -0.05) is 43.0 Å². The fourth-order valence-corrected chi connectivity index (χ4v) is 2.76. The Morgan fingerprint density at radius 2 is 1.93 bits per heavy atom. The molecule has 0 saturated heterocycles. The molecular weight excluding hydrogens is 374 g/mol. The lowest BCUT2D eigenvalue weighted by Gasteiger charge is -2.12. The predicted octanol–water partition coefficient (Wildman–Crippen LogP) is 5.14. The first-order valence-electron chi connectivity index (χ1n) is 8.14. The van der Waals surface area contributed by atoms with Crippen LogP contribution in [0.25, 0.3) is 17.2 Å². The zero-order chi connectivity index (χ0) is 20.5. The minimum Gasteiger partial charge on any atom is -0.321 e. The van der Waals surface area contributed by atoms with E-state index in [2.05, 4.69) is 17.0 Å². The van der Waals surface area contributed by atoms with Crippen molar-refractivity contribution in [2.45, 2.75) is 6.18 Å². The molecule has 1 N–H and O–H groups in total. The summed E-state index contributed by atoms with van der Waals surface area (Å²) in [5.41, 5.74) is -0.390. The van der Waals surface area contributed by atoms with Crippen LogP contribution in [0.3, 0.4) is 0 Å². The quantitative estimate of drug-likeness (QED) is 0.628. The van der Waals surface area contributed by atoms with Crippen molar-refractivity contribution in [2.24, 2.45) is 7.05 Å². The highest BCUT2D eigenvalue weighted by Gasteiger charge is 2.39. The molecule has 0 aliphatic heterocycles. The number of anilines is 1. The summed E-state index contributed by atoms with van der Waals surface area (Å²) in [6, 6.07) is 10.9. The molecule has 0 unspecified atom stereocenters. The first kappa shape index (κ1) is 19.3. The number of rotatable bonds is 4. The summed E-state index contributed by atoms with van der Waals surface area (Å²) in [6.45, 7) is 3.52. The van der Waals surface area contributed by atoms with Gasteiger partial charge in [-0.3, -0.25) is 9.48 Å². The number of alkyl halides is 3. The van der Waals surface area contributed by atoms with Crippen molar-refractivity contribution in [1.82, 2.24) is 9.78 Å². The van der Waals surface area contributed by atoms with E-state index in [0.29, 0.717) is 16.7 Å². The summed E-state index contributed by atoms with van der Waals surface area (Å²) in [5, 5.41) is 5.79. The topological polar surface area (TPSA) is 46.9 Å². The summed E-state index contributed by atoms with van der Waals surface area (Å²) >= 11 is 0. The van der Waals surface area contributed by atoms with Crippen LogP contribution < -0.4 is 5.32 Å². The Bertz CT molecular complexity index is 1050. The summed E-state index contributed by atoms with van der Waals surface area (Å²) in [7, 11) is 1.30. The van der Waals surface area contributed by atoms with E-state index in [1.54, 1.807) is 24.3 Å². The summed E-state index contributed by atoms with van der Waals surface area (Å²) in [4.78, 5) is 12.5. The fourth-order valence-electron chi connectivity index (χ4n) is 2.76. The molecule has 0 bridgehead atoms. The largest absolute Gasteiger partial charge is 0.435 e. The second-order valence-corrected chi connectivity index (χ2v) is 6.00. The minimum absolute atomic E-state index is 0.246. The molecule has 28 heavy (non-hydrogen) atoms. The van der Waals surface area contributed by atoms with Crippen molar-refractivity contribution >= 4 is 17.7 Å². The molecule has 144 valence electrons. The van der Waals surface area contributed by atoms with Gasteiger partial charge in [0.1, 0.15) is 5.82 Å². The maximum absolute atomic E-state index is 14.1. The van der Waals surface area contributed by atoms with Gasteiger partial charge in [0.2, 0.25) is 0 Å². The van der Waals surface area contributed by atoms with E-state index in [-0.39, 0.29) is 5.69 Å². The van der Waals surface area contributed by atoms with Gasteiger partial charge in [0.05, 0.1) is 5.56 Å². The van der Waals surface area contributed by atoms with E-state index in [1.807, 2.05) is 0 Å². The number of halogens is 4. The molecule has 3 aromatic rings. The van der Waals surface area contributed by atoms with Crippen LogP contribution in [0.15, 0.2) is 55.2 Å². The molecule has 1 amide bonds. The van der Waals surface area contributed by atoms with Gasteiger partial charge in [-0.25, -0.2) is 4.39 Å². The zero-order valence-corrected chi connectivity index (χ0v) is 14.7. The number of nitrogens with one attached hydrogen (secondary N) is 1. The second kappa shape index (κ2) is 7.30. The predicted molar refractivity (Wildman–Crippen MR) is 98.1 cm³/mol. The lowest BCUT2D eigenvalue weighted by molar-refractivity contribution is -0.141. The third-order valence-electron chi connectivity index (χ3n) is 4.05. The molecule has 0 spiro atoms. The Balaban J connectivity index is 1.98. The molecule has 0 fully saturated rings. The van der Waals surface area contributed by atoms with Crippen LogP contribution in [0.1, 0.15) is 21.6 Å². The van der Waals surface area contributed by atoms with Crippen LogP contribution in [-0.2, 0) is 13.2 Å². The van der Waals surface area contributed by atoms with Crippen molar-refractivity contribution in [3.63, 3.8) is 0 Å². The van der Waals surface area contributed by atoms with Gasteiger partial charge in [0.25, 0.3) is 5.91 Å². The maximum atomic E-state index is 14.1. The van der Waals surface area contributed by atoms with E-state index in [9.17, 15) is 22.4 Å². The monoisotopic (exact) mass is 389 g/mol. The van der Waals surface area contributed by atoms with Crippen LogP contribution >= 0.6 is 0 Å². The minimum atomic E-state index is -4.77. The standard InChI is InChI=1S/C20H15F4N3O/c1-3-12-8-9-13(10-16(12)21)14-6-4-5-7-17(14)25-19(28)15-11-27(2)26-18(15)20(22,23)24/h3-11H,1H2,2H3,(H,25,28). The molecule has 0 saturated carbocycles. The first-order valence-corrected chi connectivity index (χ1v) is 8.14. The Morgan fingerprint density at radius 1 is 1.21 bits per heavy atom. The number of aromatic nitrogens is 2. The average Bonchev–Trinajstić information content (AvgIpc) is 3.04. The van der Waals surface area contributed by atoms with E-state index in [0.717, 1.165) is 10.9 Å². The van der Waals surface area contributed by atoms with Gasteiger partial charge in [-0.05, 0) is 17.7 Å². The van der Waals surface area contributed by atoms with Gasteiger partial charge in [-0.15, -0.1) is 0 Å². The van der Waals surface area contributed by atoms with Crippen LogP contribution in [-0.4, -0.2) is 15.7 Å². The van der Waals surface area contributed by atoms with Crippen LogP contribution in [0.4, 0.5) is 23.2 Å². The number of hydrogen-bond acceptors (Lipinski definition) is 2. The summed E-state index contributed by atoms with van der Waals surface area (Å²) < 4.78 is 54.4. The maximum Gasteiger partial charge on any atom is 0.435 e. The highest BCUT2D eigenvalue weighted by atomic mass is 19.4. The zero-order valence-electron chi connectivity index (χ0n) is 14.7. The number of amides is 1. The normalized spacial score (nSPS) is 11.3. The molecule has 2 aromatic carbocycles. The van der Waals surface area contributed by atoms with Crippen molar-refractivity contribution in [1.29, 1.82) is 0 Å². The van der Waals surface area contributed by atoms with Crippen LogP contribution in [0.2, 0.25) is 0 Å². The number of nitrogens with zero attached hydrogens (tertiary/aromatic N) is 2. The number of benzene rings is 2. The smallest absolute Gasteiger partial charge is 0.321 e. The van der Waals surface area contributed by atoms with E-state index in [1.165, 1.54) is 31.3 Å². The molecule has 0 radical (unpaired) electrons. The molecule has 4 nitrogen and oxygen atoms in total. The number of aryl methyl sites for hydroxylation is 1. The molecular formula is C20H15F4N3O. The Labute approximate surface area is 158 Å². The number of carbonyl (C=O) groups is 1. The Morgan fingerprint density at radius 3 is 2.57 bits per heavy atom. The Hall–Kier alpha value is -3.42. The molecule has 0 atom stereocenters. The van der Waals surface area contributed by atoms with Crippen LogP contribution in [0, 0.1) is 5.82 Å². The van der Waals surface area contributed by atoms with Crippen molar-refractivity contribution in [2.75, 3.05) is 5.32 Å². The SMILES string of the molecule is C=Cc1ccc(-c2ccccc2NC(=O)c2cn(C)nc2C(F)(F)F)cc1F. The van der Waals surface area contributed by atoms with Gasteiger partial charge >= 0.3 is 6.18 Å². The fraction of sp³-hybridized carbons (Fsp3) is 0.100. The van der Waals surface area contributed by atoms with Gasteiger partial charge in [0.15, 0.2) is 5.69 Å². The molecule has 1 heterocycles. The van der Waals surface area contributed by atoms with Gasteiger partial charge in [-0.2, -0.15) is 18.3 Å². The van der Waals surface area contributed by atoms with E-state index in [4.69, 9.17) is 0 Å². The molecule has 3 rings (SSSR count). The number of carbonyl (C=O) groups excluding carboxylic acids is 1. The van der Waals surface area contributed by atoms with Crippen molar-refractivity contribution in [3.05, 3.63) is 77.9 Å². The van der Waals surface area contributed by atoms with Crippen molar-refractivity contribution < 1.29 is 22.4 Å². The lowest BCUT2D eigenvalue weighted by Crippen LogP contribution is -2.18. The van der Waals surface area contributed by atoms with E-state index < -0.39 is 29.2 Å².